The molecule has 0 aromatic carbocycles. The van der Waals surface area contributed by atoms with E-state index in [4.69, 9.17) is 5.73 Å². The Labute approximate surface area is 109 Å². The molecule has 0 aliphatic rings. The number of hydrogen-bond acceptors (Lipinski definition) is 4. The summed E-state index contributed by atoms with van der Waals surface area (Å²) in [5.41, 5.74) is 6.29. The molecule has 0 radical (unpaired) electrons. The van der Waals surface area contributed by atoms with Crippen LogP contribution in [-0.4, -0.2) is 18.9 Å². The van der Waals surface area contributed by atoms with E-state index in [9.17, 15) is 4.79 Å². The smallest absolute Gasteiger partial charge is 0.322 e. The number of nitrogens with zero attached hydrogens (tertiary/aromatic N) is 4. The Morgan fingerprint density at radius 3 is 2.79 bits per heavy atom. The van der Waals surface area contributed by atoms with Gasteiger partial charge in [-0.3, -0.25) is 4.40 Å². The molecule has 0 amide bonds. The quantitative estimate of drug-likeness (QED) is 0.738. The van der Waals surface area contributed by atoms with Crippen molar-refractivity contribution in [2.45, 2.75) is 13.0 Å². The average molecular weight is 255 g/mol. The SMILES string of the molecule is CC(N)c1nc2cccn2c(=O)n1-c1ccccn1. The van der Waals surface area contributed by atoms with Crippen LogP contribution in [0.2, 0.25) is 0 Å². The zero-order chi connectivity index (χ0) is 13.4. The van der Waals surface area contributed by atoms with Crippen LogP contribution in [-0.2, 0) is 0 Å². The van der Waals surface area contributed by atoms with E-state index in [0.29, 0.717) is 17.3 Å². The molecule has 0 fully saturated rings. The summed E-state index contributed by atoms with van der Waals surface area (Å²) >= 11 is 0. The lowest BCUT2D eigenvalue weighted by Crippen LogP contribution is -2.32. The topological polar surface area (TPSA) is 78.2 Å². The zero-order valence-electron chi connectivity index (χ0n) is 10.4. The zero-order valence-corrected chi connectivity index (χ0v) is 10.4. The summed E-state index contributed by atoms with van der Waals surface area (Å²) in [6.07, 6.45) is 3.31. The molecule has 0 spiro atoms. The van der Waals surface area contributed by atoms with Crippen LogP contribution in [0.4, 0.5) is 0 Å². The summed E-state index contributed by atoms with van der Waals surface area (Å²) in [6, 6.07) is 8.55. The van der Waals surface area contributed by atoms with Crippen molar-refractivity contribution < 1.29 is 0 Å². The molecule has 0 saturated heterocycles. The van der Waals surface area contributed by atoms with Gasteiger partial charge in [-0.25, -0.2) is 19.3 Å². The minimum Gasteiger partial charge on any atom is -0.322 e. The van der Waals surface area contributed by atoms with Crippen LogP contribution in [0.3, 0.4) is 0 Å². The summed E-state index contributed by atoms with van der Waals surface area (Å²) in [6.45, 7) is 1.79. The molecule has 6 nitrogen and oxygen atoms in total. The van der Waals surface area contributed by atoms with Crippen molar-refractivity contribution in [3.05, 3.63) is 59.0 Å². The first-order chi connectivity index (χ1) is 9.18. The van der Waals surface area contributed by atoms with Gasteiger partial charge in [0, 0.05) is 12.4 Å². The van der Waals surface area contributed by atoms with Gasteiger partial charge in [-0.15, -0.1) is 0 Å². The maximum absolute atomic E-state index is 12.5. The number of pyridine rings is 1. The molecule has 0 bridgehead atoms. The summed E-state index contributed by atoms with van der Waals surface area (Å²) < 4.78 is 2.91. The lowest BCUT2D eigenvalue weighted by atomic mass is 10.3. The Hall–Kier alpha value is -2.47. The maximum Gasteiger partial charge on any atom is 0.341 e. The minimum atomic E-state index is -0.366. The largest absolute Gasteiger partial charge is 0.341 e. The molecule has 0 aliphatic carbocycles. The average Bonchev–Trinajstić information content (AvgIpc) is 2.88. The fourth-order valence-electron chi connectivity index (χ4n) is 2.00. The Bertz CT molecular complexity index is 773. The molecule has 0 aliphatic heterocycles. The Morgan fingerprint density at radius 1 is 1.26 bits per heavy atom. The predicted octanol–water partition coefficient (Wildman–Crippen LogP) is 0.900. The van der Waals surface area contributed by atoms with Crippen LogP contribution < -0.4 is 11.4 Å². The highest BCUT2D eigenvalue weighted by Gasteiger charge is 2.15. The van der Waals surface area contributed by atoms with Crippen molar-refractivity contribution in [1.82, 2.24) is 18.9 Å². The maximum atomic E-state index is 12.5. The van der Waals surface area contributed by atoms with Crippen molar-refractivity contribution in [2.24, 2.45) is 5.73 Å². The highest BCUT2D eigenvalue weighted by atomic mass is 16.1. The van der Waals surface area contributed by atoms with Gasteiger partial charge in [-0.2, -0.15) is 0 Å². The van der Waals surface area contributed by atoms with Gasteiger partial charge in [0.05, 0.1) is 6.04 Å². The molecular weight excluding hydrogens is 242 g/mol. The molecule has 96 valence electrons. The minimum absolute atomic E-state index is 0.221. The molecule has 19 heavy (non-hydrogen) atoms. The Balaban J connectivity index is 2.41. The van der Waals surface area contributed by atoms with Gasteiger partial charge < -0.3 is 5.73 Å². The van der Waals surface area contributed by atoms with Crippen LogP contribution >= 0.6 is 0 Å². The molecule has 2 N–H and O–H groups in total. The second kappa shape index (κ2) is 4.33. The predicted molar refractivity (Wildman–Crippen MR) is 71.2 cm³/mol. The third-order valence-electron chi connectivity index (χ3n) is 2.87. The number of fused-ring (bicyclic) bond motifs is 1. The van der Waals surface area contributed by atoms with Crippen molar-refractivity contribution in [2.75, 3.05) is 0 Å². The standard InChI is InChI=1S/C13H13N5O/c1-9(14)12-16-11-6-4-8-17(11)13(19)18(12)10-5-2-3-7-15-10/h2-9H,14H2,1H3. The van der Waals surface area contributed by atoms with E-state index in [0.717, 1.165) is 0 Å². The Kier molecular flexibility index (Phi) is 2.64. The van der Waals surface area contributed by atoms with Crippen molar-refractivity contribution in [3.63, 3.8) is 0 Å². The second-order valence-electron chi connectivity index (χ2n) is 4.30. The summed E-state index contributed by atoms with van der Waals surface area (Å²) in [5.74, 6) is 1.01. The van der Waals surface area contributed by atoms with E-state index in [1.165, 1.54) is 8.97 Å². The van der Waals surface area contributed by atoms with Crippen molar-refractivity contribution in [3.8, 4) is 5.82 Å². The highest BCUT2D eigenvalue weighted by Crippen LogP contribution is 2.11. The van der Waals surface area contributed by atoms with Gasteiger partial charge in [0.15, 0.2) is 0 Å². The van der Waals surface area contributed by atoms with Gasteiger partial charge in [0.25, 0.3) is 0 Å². The molecule has 6 heteroatoms. The van der Waals surface area contributed by atoms with E-state index < -0.39 is 0 Å². The fourth-order valence-corrected chi connectivity index (χ4v) is 2.00. The summed E-state index contributed by atoms with van der Waals surface area (Å²) in [5, 5.41) is 0. The van der Waals surface area contributed by atoms with E-state index in [1.54, 1.807) is 43.6 Å². The molecule has 3 heterocycles. The molecule has 0 saturated carbocycles. The Morgan fingerprint density at radius 2 is 2.11 bits per heavy atom. The van der Waals surface area contributed by atoms with Crippen molar-refractivity contribution >= 4 is 5.65 Å². The van der Waals surface area contributed by atoms with Gasteiger partial charge in [0.2, 0.25) is 0 Å². The first-order valence-corrected chi connectivity index (χ1v) is 5.95. The number of rotatable bonds is 2. The third-order valence-corrected chi connectivity index (χ3v) is 2.87. The second-order valence-corrected chi connectivity index (χ2v) is 4.30. The summed E-state index contributed by atoms with van der Waals surface area (Å²) in [7, 11) is 0. The molecular formula is C13H13N5O. The van der Waals surface area contributed by atoms with Crippen LogP contribution in [0.25, 0.3) is 11.5 Å². The van der Waals surface area contributed by atoms with Crippen LogP contribution in [0.5, 0.6) is 0 Å². The molecule has 3 aromatic rings. The van der Waals surface area contributed by atoms with Gasteiger partial charge in [0.1, 0.15) is 17.3 Å². The molecule has 1 unspecified atom stereocenters. The van der Waals surface area contributed by atoms with E-state index in [-0.39, 0.29) is 11.7 Å². The molecule has 1 atom stereocenters. The number of aromatic nitrogens is 4. The fraction of sp³-hybridized carbons (Fsp3) is 0.154. The van der Waals surface area contributed by atoms with E-state index >= 15 is 0 Å². The first-order valence-electron chi connectivity index (χ1n) is 5.95. The highest BCUT2D eigenvalue weighted by molar-refractivity contribution is 5.40. The monoisotopic (exact) mass is 255 g/mol. The third kappa shape index (κ3) is 1.82. The van der Waals surface area contributed by atoms with Gasteiger partial charge in [-0.1, -0.05) is 6.07 Å². The number of hydrogen-bond donors (Lipinski definition) is 1. The van der Waals surface area contributed by atoms with Gasteiger partial charge in [-0.05, 0) is 31.2 Å². The first kappa shape index (κ1) is 11.6. The normalized spacial score (nSPS) is 12.7. The summed E-state index contributed by atoms with van der Waals surface area (Å²) in [4.78, 5) is 21.1. The van der Waals surface area contributed by atoms with E-state index in [1.807, 2.05) is 6.07 Å². The van der Waals surface area contributed by atoms with Crippen LogP contribution in [0.1, 0.15) is 18.8 Å². The lowest BCUT2D eigenvalue weighted by molar-refractivity contribution is 0.660. The van der Waals surface area contributed by atoms with Crippen LogP contribution in [0, 0.1) is 0 Å². The molecule has 3 aromatic heterocycles. The molecule has 3 rings (SSSR count). The lowest BCUT2D eigenvalue weighted by Gasteiger charge is -2.14. The van der Waals surface area contributed by atoms with Crippen LogP contribution in [0.15, 0.2) is 47.5 Å². The van der Waals surface area contributed by atoms with Gasteiger partial charge >= 0.3 is 5.69 Å². The van der Waals surface area contributed by atoms with Crippen molar-refractivity contribution in [1.29, 1.82) is 0 Å². The number of nitrogens with two attached hydrogens (primary N) is 1. The van der Waals surface area contributed by atoms with E-state index in [2.05, 4.69) is 9.97 Å².